The van der Waals surface area contributed by atoms with Gasteiger partial charge in [0.1, 0.15) is 0 Å². The third kappa shape index (κ3) is 2.82. The van der Waals surface area contributed by atoms with E-state index in [2.05, 4.69) is 5.10 Å². The summed E-state index contributed by atoms with van der Waals surface area (Å²) in [6, 6.07) is 0. The van der Waals surface area contributed by atoms with E-state index in [1.165, 1.54) is 0 Å². The number of aromatic nitrogens is 2. The van der Waals surface area contributed by atoms with Crippen LogP contribution in [0, 0.1) is 0 Å². The Bertz CT molecular complexity index is 394. The van der Waals surface area contributed by atoms with E-state index in [9.17, 15) is 8.42 Å². The molecular weight excluding hydrogens is 190 g/mol. The lowest BCUT2D eigenvalue weighted by Gasteiger charge is -1.96. The first kappa shape index (κ1) is 10.2. The molecule has 0 spiro atoms. The zero-order valence-electron chi connectivity index (χ0n) is 7.69. The van der Waals surface area contributed by atoms with Gasteiger partial charge in [-0.05, 0) is 6.42 Å². The molecule has 74 valence electrons. The van der Waals surface area contributed by atoms with Crippen molar-refractivity contribution in [1.82, 2.24) is 9.78 Å². The van der Waals surface area contributed by atoms with Gasteiger partial charge in [0.15, 0.2) is 0 Å². The smallest absolute Gasteiger partial charge is 0.213 e. The number of hydrogen-bond donors (Lipinski definition) is 1. The van der Waals surface area contributed by atoms with Crippen LogP contribution in [0.15, 0.2) is 6.20 Å². The number of sulfonamides is 1. The van der Waals surface area contributed by atoms with E-state index in [0.29, 0.717) is 12.0 Å². The fourth-order valence-corrected chi connectivity index (χ4v) is 1.89. The number of rotatable bonds is 3. The molecule has 1 aromatic heterocycles. The van der Waals surface area contributed by atoms with Crippen molar-refractivity contribution in [1.29, 1.82) is 0 Å². The molecule has 0 atom stereocenters. The van der Waals surface area contributed by atoms with Crippen LogP contribution in [-0.4, -0.2) is 18.2 Å². The summed E-state index contributed by atoms with van der Waals surface area (Å²) >= 11 is 0. The molecule has 0 radical (unpaired) electrons. The summed E-state index contributed by atoms with van der Waals surface area (Å²) in [7, 11) is -1.69. The molecular formula is C7H13N3O2S. The topological polar surface area (TPSA) is 78.0 Å². The average molecular weight is 203 g/mol. The number of hydrogen-bond acceptors (Lipinski definition) is 3. The van der Waals surface area contributed by atoms with Crippen molar-refractivity contribution in [2.24, 2.45) is 12.2 Å². The van der Waals surface area contributed by atoms with E-state index in [0.717, 1.165) is 5.69 Å². The molecule has 0 fully saturated rings. The highest BCUT2D eigenvalue weighted by atomic mass is 32.2. The van der Waals surface area contributed by atoms with Gasteiger partial charge in [-0.1, -0.05) is 6.92 Å². The van der Waals surface area contributed by atoms with Gasteiger partial charge < -0.3 is 0 Å². The molecule has 0 aromatic carbocycles. The maximum Gasteiger partial charge on any atom is 0.213 e. The summed E-state index contributed by atoms with van der Waals surface area (Å²) in [4.78, 5) is 0. The number of nitrogens with two attached hydrogens (primary N) is 1. The standard InChI is InChI=1S/C7H13N3O2S/c1-3-7-6(4-10(2)9-7)5-13(8,11)12/h4H,3,5H2,1-2H3,(H2,8,11,12). The normalized spacial score (nSPS) is 11.9. The predicted molar refractivity (Wildman–Crippen MR) is 49.4 cm³/mol. The molecule has 0 saturated heterocycles. The predicted octanol–water partition coefficient (Wildman–Crippen LogP) is -0.229. The van der Waals surface area contributed by atoms with E-state index in [4.69, 9.17) is 5.14 Å². The van der Waals surface area contributed by atoms with Crippen molar-refractivity contribution in [3.8, 4) is 0 Å². The molecule has 2 N–H and O–H groups in total. The van der Waals surface area contributed by atoms with E-state index < -0.39 is 10.0 Å². The Kier molecular flexibility index (Phi) is 2.72. The average Bonchev–Trinajstić information content (AvgIpc) is 2.27. The van der Waals surface area contributed by atoms with Crippen LogP contribution in [-0.2, 0) is 29.2 Å². The summed E-state index contributed by atoms with van der Waals surface area (Å²) in [5.41, 5.74) is 1.48. The van der Waals surface area contributed by atoms with Crippen molar-refractivity contribution in [3.05, 3.63) is 17.5 Å². The Morgan fingerprint density at radius 3 is 2.69 bits per heavy atom. The molecule has 0 saturated carbocycles. The molecule has 0 bridgehead atoms. The fraction of sp³-hybridized carbons (Fsp3) is 0.571. The van der Waals surface area contributed by atoms with Crippen molar-refractivity contribution in [3.63, 3.8) is 0 Å². The Hall–Kier alpha value is -0.880. The van der Waals surface area contributed by atoms with E-state index in [1.54, 1.807) is 17.9 Å². The fourth-order valence-electron chi connectivity index (χ4n) is 1.22. The zero-order valence-corrected chi connectivity index (χ0v) is 8.50. The van der Waals surface area contributed by atoms with Gasteiger partial charge in [0, 0.05) is 18.8 Å². The Morgan fingerprint density at radius 2 is 2.23 bits per heavy atom. The van der Waals surface area contributed by atoms with Gasteiger partial charge in [-0.15, -0.1) is 0 Å². The van der Waals surface area contributed by atoms with Crippen LogP contribution < -0.4 is 5.14 Å². The third-order valence-electron chi connectivity index (χ3n) is 1.68. The highest BCUT2D eigenvalue weighted by Gasteiger charge is 2.11. The van der Waals surface area contributed by atoms with Crippen molar-refractivity contribution >= 4 is 10.0 Å². The number of nitrogens with zero attached hydrogens (tertiary/aromatic N) is 2. The molecule has 1 aromatic rings. The Labute approximate surface area is 77.6 Å². The van der Waals surface area contributed by atoms with Gasteiger partial charge in [-0.2, -0.15) is 5.10 Å². The van der Waals surface area contributed by atoms with Gasteiger partial charge in [0.2, 0.25) is 10.0 Å². The minimum Gasteiger partial charge on any atom is -0.275 e. The Morgan fingerprint density at radius 1 is 1.62 bits per heavy atom. The summed E-state index contributed by atoms with van der Waals surface area (Å²) in [6.07, 6.45) is 2.40. The summed E-state index contributed by atoms with van der Waals surface area (Å²) in [5, 5.41) is 9.05. The van der Waals surface area contributed by atoms with Gasteiger partial charge in [-0.25, -0.2) is 13.6 Å². The second-order valence-electron chi connectivity index (χ2n) is 2.94. The maximum absolute atomic E-state index is 10.8. The van der Waals surface area contributed by atoms with Crippen LogP contribution in [0.4, 0.5) is 0 Å². The van der Waals surface area contributed by atoms with Crippen LogP contribution in [0.2, 0.25) is 0 Å². The second-order valence-corrected chi connectivity index (χ2v) is 4.55. The van der Waals surface area contributed by atoms with Gasteiger partial charge in [0.25, 0.3) is 0 Å². The Balaban J connectivity index is 3.00. The number of primary sulfonamides is 1. The van der Waals surface area contributed by atoms with Crippen molar-refractivity contribution < 1.29 is 8.42 Å². The van der Waals surface area contributed by atoms with Crippen LogP contribution in [0.25, 0.3) is 0 Å². The van der Waals surface area contributed by atoms with E-state index in [1.807, 2.05) is 6.92 Å². The van der Waals surface area contributed by atoms with Gasteiger partial charge in [-0.3, -0.25) is 4.68 Å². The van der Waals surface area contributed by atoms with Crippen LogP contribution >= 0.6 is 0 Å². The summed E-state index contributed by atoms with van der Waals surface area (Å²) < 4.78 is 23.2. The summed E-state index contributed by atoms with van der Waals surface area (Å²) in [5.74, 6) is -0.135. The quantitative estimate of drug-likeness (QED) is 0.737. The lowest BCUT2D eigenvalue weighted by molar-refractivity contribution is 0.597. The van der Waals surface area contributed by atoms with Crippen LogP contribution in [0.1, 0.15) is 18.2 Å². The van der Waals surface area contributed by atoms with Crippen molar-refractivity contribution in [2.45, 2.75) is 19.1 Å². The molecule has 0 aliphatic rings. The van der Waals surface area contributed by atoms with E-state index in [-0.39, 0.29) is 5.75 Å². The zero-order chi connectivity index (χ0) is 10.1. The van der Waals surface area contributed by atoms with E-state index >= 15 is 0 Å². The monoisotopic (exact) mass is 203 g/mol. The largest absolute Gasteiger partial charge is 0.275 e. The van der Waals surface area contributed by atoms with Gasteiger partial charge >= 0.3 is 0 Å². The lowest BCUT2D eigenvalue weighted by Crippen LogP contribution is -2.14. The minimum absolute atomic E-state index is 0.135. The highest BCUT2D eigenvalue weighted by Crippen LogP contribution is 2.09. The molecule has 1 heterocycles. The number of aryl methyl sites for hydroxylation is 2. The minimum atomic E-state index is -3.45. The lowest BCUT2D eigenvalue weighted by atomic mass is 10.2. The molecule has 13 heavy (non-hydrogen) atoms. The SMILES string of the molecule is CCc1nn(C)cc1CS(N)(=O)=O. The van der Waals surface area contributed by atoms with Crippen molar-refractivity contribution in [2.75, 3.05) is 0 Å². The third-order valence-corrected chi connectivity index (χ3v) is 2.40. The molecule has 6 heteroatoms. The molecule has 5 nitrogen and oxygen atoms in total. The molecule has 1 rings (SSSR count). The second kappa shape index (κ2) is 3.47. The molecule has 0 amide bonds. The summed E-state index contributed by atoms with van der Waals surface area (Å²) in [6.45, 7) is 1.93. The van der Waals surface area contributed by atoms with Crippen LogP contribution in [0.3, 0.4) is 0 Å². The first-order valence-corrected chi connectivity index (χ1v) is 5.66. The van der Waals surface area contributed by atoms with Gasteiger partial charge in [0.05, 0.1) is 11.4 Å². The first-order chi connectivity index (χ1) is 5.92. The first-order valence-electron chi connectivity index (χ1n) is 3.94. The molecule has 0 aliphatic carbocycles. The maximum atomic E-state index is 10.8. The molecule has 0 aliphatic heterocycles. The van der Waals surface area contributed by atoms with Crippen LogP contribution in [0.5, 0.6) is 0 Å². The molecule has 0 unspecified atom stereocenters. The highest BCUT2D eigenvalue weighted by molar-refractivity contribution is 7.88.